The number of rotatable bonds is 7. The van der Waals surface area contributed by atoms with Gasteiger partial charge in [0, 0.05) is 37.3 Å². The van der Waals surface area contributed by atoms with Crippen LogP contribution in [0.2, 0.25) is 0 Å². The van der Waals surface area contributed by atoms with Gasteiger partial charge in [0.2, 0.25) is 0 Å². The van der Waals surface area contributed by atoms with Crippen molar-refractivity contribution in [3.63, 3.8) is 0 Å². The second-order valence-corrected chi connectivity index (χ2v) is 7.30. The fourth-order valence-corrected chi connectivity index (χ4v) is 3.53. The molecule has 1 aliphatic rings. The first-order valence-corrected chi connectivity index (χ1v) is 10.3. The van der Waals surface area contributed by atoms with Gasteiger partial charge < -0.3 is 19.3 Å². The van der Waals surface area contributed by atoms with E-state index < -0.39 is 5.91 Å². The van der Waals surface area contributed by atoms with Crippen LogP contribution in [0.3, 0.4) is 0 Å². The standard InChI is InChI=1S/C23H29FN4O3/c1-5-27-10-12-28(13-11-27)20-8-6-17(14-19(20)24)16(2)25-26-23(29)18-7-9-21(30-3)22(15-18)31-4/h6-9,14-15H,5,10-13H2,1-4H3,(H,26,29)/b25-16-. The number of carbonyl (C=O) groups excluding carboxylic acids is 1. The minimum Gasteiger partial charge on any atom is -0.493 e. The molecule has 0 spiro atoms. The van der Waals surface area contributed by atoms with E-state index in [4.69, 9.17) is 9.47 Å². The quantitative estimate of drug-likeness (QED) is 0.542. The summed E-state index contributed by atoms with van der Waals surface area (Å²) >= 11 is 0. The van der Waals surface area contributed by atoms with Gasteiger partial charge in [-0.1, -0.05) is 13.0 Å². The summed E-state index contributed by atoms with van der Waals surface area (Å²) in [5, 5.41) is 4.13. The lowest BCUT2D eigenvalue weighted by molar-refractivity contribution is 0.0954. The Bertz CT molecular complexity index is 956. The van der Waals surface area contributed by atoms with E-state index in [-0.39, 0.29) is 5.82 Å². The minimum atomic E-state index is -0.397. The number of likely N-dealkylation sites (N-methyl/N-ethyl adjacent to an activating group) is 1. The highest BCUT2D eigenvalue weighted by Crippen LogP contribution is 2.27. The first-order valence-electron chi connectivity index (χ1n) is 10.3. The normalized spacial score (nSPS) is 15.0. The van der Waals surface area contributed by atoms with Crippen molar-refractivity contribution in [1.29, 1.82) is 0 Å². The first kappa shape index (κ1) is 22.6. The number of benzene rings is 2. The van der Waals surface area contributed by atoms with Crippen LogP contribution in [0.25, 0.3) is 0 Å². The van der Waals surface area contributed by atoms with Gasteiger partial charge in [-0.15, -0.1) is 0 Å². The van der Waals surface area contributed by atoms with Gasteiger partial charge in [0.15, 0.2) is 11.5 Å². The molecular formula is C23H29FN4O3. The summed E-state index contributed by atoms with van der Waals surface area (Å²) in [6, 6.07) is 9.91. The minimum absolute atomic E-state index is 0.289. The fraction of sp³-hybridized carbons (Fsp3) is 0.391. The number of methoxy groups -OCH3 is 2. The Morgan fingerprint density at radius 2 is 1.71 bits per heavy atom. The van der Waals surface area contributed by atoms with Crippen LogP contribution >= 0.6 is 0 Å². The van der Waals surface area contributed by atoms with Gasteiger partial charge in [0.1, 0.15) is 5.82 Å². The summed E-state index contributed by atoms with van der Waals surface area (Å²) in [5.41, 5.74) is 4.61. The zero-order chi connectivity index (χ0) is 22.4. The topological polar surface area (TPSA) is 66.4 Å². The van der Waals surface area contributed by atoms with E-state index in [0.717, 1.165) is 32.7 Å². The van der Waals surface area contributed by atoms with Gasteiger partial charge >= 0.3 is 0 Å². The zero-order valence-corrected chi connectivity index (χ0v) is 18.4. The van der Waals surface area contributed by atoms with Crippen LogP contribution in [0.15, 0.2) is 41.5 Å². The fourth-order valence-electron chi connectivity index (χ4n) is 3.53. The summed E-state index contributed by atoms with van der Waals surface area (Å²) in [6.45, 7) is 8.35. The SMILES string of the molecule is CCN1CCN(c2ccc(/C(C)=N\NC(=O)c3ccc(OC)c(OC)c3)cc2F)CC1. The number of nitrogens with one attached hydrogen (secondary N) is 1. The van der Waals surface area contributed by atoms with E-state index in [1.54, 1.807) is 31.2 Å². The zero-order valence-electron chi connectivity index (χ0n) is 18.4. The number of carbonyl (C=O) groups is 1. The number of ether oxygens (including phenoxy) is 2. The van der Waals surface area contributed by atoms with Crippen LogP contribution in [-0.4, -0.2) is 63.5 Å². The maximum Gasteiger partial charge on any atom is 0.271 e. The molecule has 0 atom stereocenters. The monoisotopic (exact) mass is 428 g/mol. The van der Waals surface area contributed by atoms with Gasteiger partial charge in [-0.3, -0.25) is 4.79 Å². The molecule has 2 aromatic rings. The molecule has 31 heavy (non-hydrogen) atoms. The molecule has 0 saturated carbocycles. The molecule has 0 aromatic heterocycles. The molecule has 3 rings (SSSR count). The van der Waals surface area contributed by atoms with Crippen molar-refractivity contribution in [1.82, 2.24) is 10.3 Å². The van der Waals surface area contributed by atoms with Crippen molar-refractivity contribution >= 4 is 17.3 Å². The lowest BCUT2D eigenvalue weighted by Crippen LogP contribution is -2.46. The molecule has 1 amide bonds. The smallest absolute Gasteiger partial charge is 0.271 e. The Kier molecular flexibility index (Phi) is 7.46. The lowest BCUT2D eigenvalue weighted by atomic mass is 10.1. The molecule has 0 aliphatic carbocycles. The van der Waals surface area contributed by atoms with Crippen molar-refractivity contribution in [3.8, 4) is 11.5 Å². The van der Waals surface area contributed by atoms with Crippen molar-refractivity contribution in [2.45, 2.75) is 13.8 Å². The van der Waals surface area contributed by atoms with Crippen LogP contribution in [0, 0.1) is 5.82 Å². The predicted octanol–water partition coefficient (Wildman–Crippen LogP) is 3.14. The molecule has 1 aliphatic heterocycles. The second-order valence-electron chi connectivity index (χ2n) is 7.30. The number of piperazine rings is 1. The molecule has 7 nitrogen and oxygen atoms in total. The molecule has 2 aromatic carbocycles. The molecule has 166 valence electrons. The number of hydrazone groups is 1. The van der Waals surface area contributed by atoms with Gasteiger partial charge in [-0.25, -0.2) is 9.82 Å². The molecule has 1 fully saturated rings. The summed E-state index contributed by atoms with van der Waals surface area (Å²) < 4.78 is 25.2. The van der Waals surface area contributed by atoms with Crippen molar-refractivity contribution in [2.24, 2.45) is 5.10 Å². The van der Waals surface area contributed by atoms with Crippen LogP contribution in [-0.2, 0) is 0 Å². The largest absolute Gasteiger partial charge is 0.493 e. The van der Waals surface area contributed by atoms with Crippen LogP contribution in [0.4, 0.5) is 10.1 Å². The third kappa shape index (κ3) is 5.32. The molecule has 1 heterocycles. The Hall–Kier alpha value is -3.13. The molecular weight excluding hydrogens is 399 g/mol. The highest BCUT2D eigenvalue weighted by molar-refractivity contribution is 6.01. The lowest BCUT2D eigenvalue weighted by Gasteiger charge is -2.35. The molecule has 8 heteroatoms. The van der Waals surface area contributed by atoms with Crippen LogP contribution in [0.1, 0.15) is 29.8 Å². The van der Waals surface area contributed by atoms with E-state index in [0.29, 0.717) is 34.0 Å². The van der Waals surface area contributed by atoms with Crippen molar-refractivity contribution in [2.75, 3.05) is 51.8 Å². The first-order chi connectivity index (χ1) is 15.0. The number of hydrogen-bond donors (Lipinski definition) is 1. The Labute approximate surface area is 182 Å². The summed E-state index contributed by atoms with van der Waals surface area (Å²) in [6.07, 6.45) is 0. The Morgan fingerprint density at radius 1 is 1.03 bits per heavy atom. The van der Waals surface area contributed by atoms with E-state index in [2.05, 4.69) is 27.3 Å². The van der Waals surface area contributed by atoms with Gasteiger partial charge in [-0.05, 0) is 43.8 Å². The number of nitrogens with zero attached hydrogens (tertiary/aromatic N) is 3. The number of anilines is 1. The Balaban J connectivity index is 1.67. The highest BCUT2D eigenvalue weighted by atomic mass is 19.1. The molecule has 0 radical (unpaired) electrons. The summed E-state index contributed by atoms with van der Waals surface area (Å²) in [7, 11) is 3.03. The number of hydrogen-bond acceptors (Lipinski definition) is 6. The number of halogens is 1. The van der Waals surface area contributed by atoms with E-state index >= 15 is 0 Å². The van der Waals surface area contributed by atoms with Crippen LogP contribution < -0.4 is 19.8 Å². The van der Waals surface area contributed by atoms with Gasteiger partial charge in [0.25, 0.3) is 5.91 Å². The maximum atomic E-state index is 14.8. The average Bonchev–Trinajstić information content (AvgIpc) is 2.81. The van der Waals surface area contributed by atoms with Gasteiger partial charge in [-0.2, -0.15) is 5.10 Å². The molecule has 1 saturated heterocycles. The van der Waals surface area contributed by atoms with Crippen molar-refractivity contribution in [3.05, 3.63) is 53.3 Å². The molecule has 1 N–H and O–H groups in total. The van der Waals surface area contributed by atoms with Crippen molar-refractivity contribution < 1.29 is 18.7 Å². The summed E-state index contributed by atoms with van der Waals surface area (Å²) in [5.74, 6) is 0.299. The van der Waals surface area contributed by atoms with E-state index in [9.17, 15) is 9.18 Å². The number of amides is 1. The second kappa shape index (κ2) is 10.3. The predicted molar refractivity (Wildman–Crippen MR) is 120 cm³/mol. The van der Waals surface area contributed by atoms with E-state index in [1.807, 2.05) is 6.07 Å². The summed E-state index contributed by atoms with van der Waals surface area (Å²) in [4.78, 5) is 16.8. The molecule has 0 unspecified atom stereocenters. The Morgan fingerprint density at radius 3 is 2.32 bits per heavy atom. The maximum absolute atomic E-state index is 14.8. The third-order valence-electron chi connectivity index (χ3n) is 5.50. The van der Waals surface area contributed by atoms with E-state index in [1.165, 1.54) is 20.3 Å². The third-order valence-corrected chi connectivity index (χ3v) is 5.50. The van der Waals surface area contributed by atoms with Crippen LogP contribution in [0.5, 0.6) is 11.5 Å². The van der Waals surface area contributed by atoms with Gasteiger partial charge in [0.05, 0.1) is 25.6 Å². The highest BCUT2D eigenvalue weighted by Gasteiger charge is 2.19. The average molecular weight is 429 g/mol. The molecule has 0 bridgehead atoms.